The minimum Gasteiger partial charge on any atom is -0.466 e. The van der Waals surface area contributed by atoms with Crippen LogP contribution in [0, 0.1) is 0 Å². The molecule has 0 atom stereocenters. The van der Waals surface area contributed by atoms with E-state index in [4.69, 9.17) is 4.74 Å². The summed E-state index contributed by atoms with van der Waals surface area (Å²) in [4.78, 5) is 13.9. The molecule has 0 radical (unpaired) electrons. The van der Waals surface area contributed by atoms with E-state index in [1.165, 1.54) is 0 Å². The Hall–Kier alpha value is -1.38. The fourth-order valence-electron chi connectivity index (χ4n) is 0.918. The van der Waals surface area contributed by atoms with Crippen molar-refractivity contribution in [1.82, 2.24) is 0 Å². The Balaban J connectivity index is 2.47. The first kappa shape index (κ1) is 8.71. The number of H-pyrrole nitrogens is 1. The van der Waals surface area contributed by atoms with Crippen molar-refractivity contribution in [2.75, 3.05) is 6.61 Å². The molecule has 64 valence electrons. The molecule has 0 aromatic carbocycles. The summed E-state index contributed by atoms with van der Waals surface area (Å²) in [5.74, 6) is -0.177. The van der Waals surface area contributed by atoms with E-state index in [2.05, 4.69) is 4.98 Å². The molecule has 0 spiro atoms. The topological polar surface area (TPSA) is 40.4 Å². The molecule has 0 unspecified atom stereocenters. The van der Waals surface area contributed by atoms with Gasteiger partial charge in [0, 0.05) is 12.1 Å². The van der Waals surface area contributed by atoms with Crippen molar-refractivity contribution in [3.8, 4) is 0 Å². The lowest BCUT2D eigenvalue weighted by Gasteiger charge is -1.99. The first-order valence-electron chi connectivity index (χ1n) is 3.93. The first-order valence-corrected chi connectivity index (χ1v) is 3.93. The summed E-state index contributed by atoms with van der Waals surface area (Å²) in [5.41, 5.74) is 0.965. The normalized spacial score (nSPS) is 9.42. The van der Waals surface area contributed by atoms with Gasteiger partial charge in [0.05, 0.1) is 13.0 Å². The van der Waals surface area contributed by atoms with Crippen LogP contribution >= 0.6 is 0 Å². The minimum atomic E-state index is -0.177. The highest BCUT2D eigenvalue weighted by molar-refractivity contribution is 5.72. The maximum absolute atomic E-state index is 11.0. The molecule has 0 aliphatic rings. The number of aromatic amines is 1. The monoisotopic (exact) mass is 166 g/mol. The van der Waals surface area contributed by atoms with Crippen LogP contribution in [0.25, 0.3) is 0 Å². The van der Waals surface area contributed by atoms with Crippen LogP contribution in [0.2, 0.25) is 0 Å². The lowest BCUT2D eigenvalue weighted by atomic mass is 10.2. The standard InChI is InChI=1S/C9H11NO2/c1-2-12-9(11)7-8-3-5-10-6-4-8/h3-6H,2,7H2,1H3/p+1. The molecule has 0 fully saturated rings. The number of nitrogens with one attached hydrogen (secondary N) is 1. The first-order chi connectivity index (χ1) is 5.83. The van der Waals surface area contributed by atoms with Gasteiger partial charge in [0.25, 0.3) is 0 Å². The summed E-state index contributed by atoms with van der Waals surface area (Å²) in [7, 11) is 0. The lowest BCUT2D eigenvalue weighted by Crippen LogP contribution is -2.08. The number of esters is 1. The number of hydrogen-bond donors (Lipinski definition) is 0. The molecule has 3 heteroatoms. The fraction of sp³-hybridized carbons (Fsp3) is 0.333. The Morgan fingerprint density at radius 1 is 1.50 bits per heavy atom. The number of carbonyl (C=O) groups is 1. The molecule has 3 nitrogen and oxygen atoms in total. The number of hydrogen-bond acceptors (Lipinski definition) is 2. The quantitative estimate of drug-likeness (QED) is 0.617. The van der Waals surface area contributed by atoms with E-state index in [1.54, 1.807) is 19.3 Å². The van der Waals surface area contributed by atoms with Crippen molar-refractivity contribution in [3.05, 3.63) is 30.1 Å². The van der Waals surface area contributed by atoms with E-state index < -0.39 is 0 Å². The molecule has 0 aliphatic carbocycles. The lowest BCUT2D eigenvalue weighted by molar-refractivity contribution is -0.378. The van der Waals surface area contributed by atoms with E-state index in [0.717, 1.165) is 5.56 Å². The SMILES string of the molecule is CCOC(=O)Cc1cc[nH+]cc1. The molecule has 0 saturated carbocycles. The summed E-state index contributed by atoms with van der Waals surface area (Å²) in [5, 5.41) is 0. The molecule has 1 N–H and O–H groups in total. The van der Waals surface area contributed by atoms with Gasteiger partial charge in [-0.3, -0.25) is 4.79 Å². The second kappa shape index (κ2) is 4.49. The predicted molar refractivity (Wildman–Crippen MR) is 43.3 cm³/mol. The Bertz CT molecular complexity index is 246. The van der Waals surface area contributed by atoms with Gasteiger partial charge >= 0.3 is 5.97 Å². The highest BCUT2D eigenvalue weighted by Crippen LogP contribution is 1.97. The van der Waals surface area contributed by atoms with Crippen LogP contribution in [0.5, 0.6) is 0 Å². The van der Waals surface area contributed by atoms with Crippen molar-refractivity contribution in [1.29, 1.82) is 0 Å². The van der Waals surface area contributed by atoms with Crippen LogP contribution in [-0.2, 0) is 16.0 Å². The van der Waals surface area contributed by atoms with Gasteiger partial charge in [-0.2, -0.15) is 0 Å². The molecule has 0 saturated heterocycles. The van der Waals surface area contributed by atoms with Gasteiger partial charge in [-0.1, -0.05) is 0 Å². The van der Waals surface area contributed by atoms with Crippen molar-refractivity contribution >= 4 is 5.97 Å². The zero-order valence-corrected chi connectivity index (χ0v) is 7.04. The van der Waals surface area contributed by atoms with Crippen LogP contribution in [0.4, 0.5) is 0 Å². The minimum absolute atomic E-state index is 0.177. The smallest absolute Gasteiger partial charge is 0.310 e. The second-order valence-corrected chi connectivity index (χ2v) is 2.39. The van der Waals surface area contributed by atoms with Gasteiger partial charge in [-0.15, -0.1) is 0 Å². The van der Waals surface area contributed by atoms with E-state index in [0.29, 0.717) is 13.0 Å². The summed E-state index contributed by atoms with van der Waals surface area (Å²) < 4.78 is 4.80. The Morgan fingerprint density at radius 2 is 2.17 bits per heavy atom. The van der Waals surface area contributed by atoms with Crippen LogP contribution < -0.4 is 4.98 Å². The number of ether oxygens (including phenoxy) is 1. The van der Waals surface area contributed by atoms with Gasteiger partial charge < -0.3 is 4.74 Å². The zero-order valence-electron chi connectivity index (χ0n) is 7.04. The van der Waals surface area contributed by atoms with Crippen molar-refractivity contribution in [2.24, 2.45) is 0 Å². The molecule has 0 aliphatic heterocycles. The molecule has 12 heavy (non-hydrogen) atoms. The van der Waals surface area contributed by atoms with Crippen molar-refractivity contribution in [2.45, 2.75) is 13.3 Å². The van der Waals surface area contributed by atoms with Crippen LogP contribution in [0.15, 0.2) is 24.5 Å². The number of carbonyl (C=O) groups excluding carboxylic acids is 1. The summed E-state index contributed by atoms with van der Waals surface area (Å²) in [6.45, 7) is 2.24. The number of aromatic nitrogens is 1. The molecular formula is C9H12NO2+. The van der Waals surface area contributed by atoms with E-state index in [1.807, 2.05) is 12.1 Å². The third-order valence-electron chi connectivity index (χ3n) is 1.44. The molecule has 1 rings (SSSR count). The summed E-state index contributed by atoms with van der Waals surface area (Å²) in [6, 6.07) is 3.72. The van der Waals surface area contributed by atoms with E-state index >= 15 is 0 Å². The second-order valence-electron chi connectivity index (χ2n) is 2.39. The number of pyridine rings is 1. The van der Waals surface area contributed by atoms with Gasteiger partial charge in [0.1, 0.15) is 0 Å². The third kappa shape index (κ3) is 2.70. The van der Waals surface area contributed by atoms with E-state index in [9.17, 15) is 4.79 Å². The zero-order chi connectivity index (χ0) is 8.81. The summed E-state index contributed by atoms with van der Waals surface area (Å²) >= 11 is 0. The van der Waals surface area contributed by atoms with E-state index in [-0.39, 0.29) is 5.97 Å². The van der Waals surface area contributed by atoms with Crippen LogP contribution in [0.3, 0.4) is 0 Å². The van der Waals surface area contributed by atoms with Gasteiger partial charge in [0.15, 0.2) is 12.4 Å². The average molecular weight is 166 g/mol. The largest absolute Gasteiger partial charge is 0.466 e. The fourth-order valence-corrected chi connectivity index (χ4v) is 0.918. The molecular weight excluding hydrogens is 154 g/mol. The average Bonchev–Trinajstić information content (AvgIpc) is 2.06. The molecule has 1 heterocycles. The summed E-state index contributed by atoms with van der Waals surface area (Å²) in [6.07, 6.45) is 3.92. The maximum Gasteiger partial charge on any atom is 0.310 e. The predicted octanol–water partition coefficient (Wildman–Crippen LogP) is 0.606. The van der Waals surface area contributed by atoms with Crippen LogP contribution in [0.1, 0.15) is 12.5 Å². The number of rotatable bonds is 3. The highest BCUT2D eigenvalue weighted by atomic mass is 16.5. The molecule has 1 aromatic rings. The Kier molecular flexibility index (Phi) is 3.26. The molecule has 1 aromatic heterocycles. The Morgan fingerprint density at radius 3 is 2.75 bits per heavy atom. The van der Waals surface area contributed by atoms with Crippen molar-refractivity contribution < 1.29 is 14.5 Å². The maximum atomic E-state index is 11.0. The van der Waals surface area contributed by atoms with Gasteiger partial charge in [0.2, 0.25) is 0 Å². The van der Waals surface area contributed by atoms with Crippen LogP contribution in [-0.4, -0.2) is 12.6 Å². The van der Waals surface area contributed by atoms with Crippen molar-refractivity contribution in [3.63, 3.8) is 0 Å². The molecule has 0 bridgehead atoms. The third-order valence-corrected chi connectivity index (χ3v) is 1.44. The van der Waals surface area contributed by atoms with Gasteiger partial charge in [-0.25, -0.2) is 4.98 Å². The Labute approximate surface area is 71.4 Å². The van der Waals surface area contributed by atoms with Gasteiger partial charge in [-0.05, 0) is 12.5 Å². The molecule has 0 amide bonds. The highest BCUT2D eigenvalue weighted by Gasteiger charge is 2.03.